The summed E-state index contributed by atoms with van der Waals surface area (Å²) in [4.78, 5) is 0. The van der Waals surface area contributed by atoms with Gasteiger partial charge in [0, 0.05) is 0 Å². The average Bonchev–Trinajstić information content (AvgIpc) is 2.81. The minimum Gasteiger partial charge on any atom is -0.0654 e. The number of benzene rings is 3. The minimum absolute atomic E-state index is 0.540. The van der Waals surface area contributed by atoms with Gasteiger partial charge in [0.25, 0.3) is 0 Å². The summed E-state index contributed by atoms with van der Waals surface area (Å²) in [5.41, 5.74) is 4.45. The number of hydrogen-bond acceptors (Lipinski definition) is 0. The summed E-state index contributed by atoms with van der Waals surface area (Å²) < 4.78 is 0. The maximum Gasteiger partial charge on any atom is -0.0134 e. The summed E-state index contributed by atoms with van der Waals surface area (Å²) in [7, 11) is -0.540. The first-order chi connectivity index (χ1) is 15.2. The van der Waals surface area contributed by atoms with E-state index >= 15 is 0 Å². The fourth-order valence-electron chi connectivity index (χ4n) is 4.14. The van der Waals surface area contributed by atoms with Crippen LogP contribution in [0, 0.1) is 0 Å². The summed E-state index contributed by atoms with van der Waals surface area (Å²) in [6, 6.07) is 28.3. The van der Waals surface area contributed by atoms with E-state index < -0.39 is 7.92 Å². The maximum absolute atomic E-state index is 2.48. The molecule has 0 aliphatic rings. The molecule has 0 spiro atoms. The van der Waals surface area contributed by atoms with E-state index in [1.54, 1.807) is 0 Å². The SMILES string of the molecule is CCCCc1cccc(P(c2cccc(CCCC)c2)c2cccc(CCCC)c2)c1. The van der Waals surface area contributed by atoms with Gasteiger partial charge in [0.2, 0.25) is 0 Å². The van der Waals surface area contributed by atoms with E-state index in [2.05, 4.69) is 93.6 Å². The first-order valence-corrected chi connectivity index (χ1v) is 13.7. The highest BCUT2D eigenvalue weighted by Gasteiger charge is 2.18. The Morgan fingerprint density at radius 1 is 0.484 bits per heavy atom. The van der Waals surface area contributed by atoms with Gasteiger partial charge in [-0.15, -0.1) is 0 Å². The zero-order valence-corrected chi connectivity index (χ0v) is 20.6. The Morgan fingerprint density at radius 2 is 0.806 bits per heavy atom. The van der Waals surface area contributed by atoms with Crippen molar-refractivity contribution < 1.29 is 0 Å². The van der Waals surface area contributed by atoms with Gasteiger partial charge in [-0.25, -0.2) is 0 Å². The molecule has 164 valence electrons. The van der Waals surface area contributed by atoms with Gasteiger partial charge in [0.05, 0.1) is 0 Å². The lowest BCUT2D eigenvalue weighted by Gasteiger charge is -2.21. The molecular formula is C30H39P. The van der Waals surface area contributed by atoms with Gasteiger partial charge < -0.3 is 0 Å². The molecule has 0 amide bonds. The van der Waals surface area contributed by atoms with E-state index in [4.69, 9.17) is 0 Å². The molecule has 0 atom stereocenters. The van der Waals surface area contributed by atoms with Crippen LogP contribution in [-0.2, 0) is 19.3 Å². The van der Waals surface area contributed by atoms with Crippen LogP contribution in [0.3, 0.4) is 0 Å². The summed E-state index contributed by atoms with van der Waals surface area (Å²) in [6.45, 7) is 6.83. The number of aryl methyl sites for hydroxylation is 3. The fraction of sp³-hybridized carbons (Fsp3) is 0.400. The predicted octanol–water partition coefficient (Wildman–Crippen LogP) is 7.47. The second kappa shape index (κ2) is 12.8. The van der Waals surface area contributed by atoms with Crippen molar-refractivity contribution in [3.63, 3.8) is 0 Å². The molecule has 3 rings (SSSR count). The van der Waals surface area contributed by atoms with Crippen LogP contribution in [0.15, 0.2) is 72.8 Å². The zero-order valence-electron chi connectivity index (χ0n) is 19.7. The topological polar surface area (TPSA) is 0 Å². The van der Waals surface area contributed by atoms with Crippen LogP contribution < -0.4 is 15.9 Å². The Bertz CT molecular complexity index is 805. The molecule has 0 aromatic heterocycles. The molecule has 0 aliphatic heterocycles. The summed E-state index contributed by atoms with van der Waals surface area (Å²) in [5, 5.41) is 4.47. The Morgan fingerprint density at radius 3 is 1.10 bits per heavy atom. The van der Waals surface area contributed by atoms with E-state index in [0.29, 0.717) is 0 Å². The molecule has 3 aromatic rings. The lowest BCUT2D eigenvalue weighted by Crippen LogP contribution is -2.22. The summed E-state index contributed by atoms with van der Waals surface area (Å²) >= 11 is 0. The van der Waals surface area contributed by atoms with Crippen LogP contribution in [0.2, 0.25) is 0 Å². The van der Waals surface area contributed by atoms with E-state index in [9.17, 15) is 0 Å². The van der Waals surface area contributed by atoms with Gasteiger partial charge in [0.15, 0.2) is 0 Å². The second-order valence-corrected chi connectivity index (χ2v) is 10.9. The van der Waals surface area contributed by atoms with Gasteiger partial charge >= 0.3 is 0 Å². The smallest absolute Gasteiger partial charge is 0.0134 e. The second-order valence-electron chi connectivity index (χ2n) is 8.66. The lowest BCUT2D eigenvalue weighted by atomic mass is 10.1. The van der Waals surface area contributed by atoms with E-state index in [-0.39, 0.29) is 0 Å². The van der Waals surface area contributed by atoms with Crippen molar-refractivity contribution in [3.05, 3.63) is 89.5 Å². The van der Waals surface area contributed by atoms with E-state index in [1.807, 2.05) is 0 Å². The molecule has 0 bridgehead atoms. The quantitative estimate of drug-likeness (QED) is 0.261. The monoisotopic (exact) mass is 430 g/mol. The van der Waals surface area contributed by atoms with Crippen molar-refractivity contribution in [2.75, 3.05) is 0 Å². The standard InChI is InChI=1S/C30H39P/c1-4-7-13-25-16-10-19-28(22-25)31(29-20-11-17-26(23-29)14-8-5-2)30-21-12-18-27(24-30)15-9-6-3/h10-12,16-24H,4-9,13-15H2,1-3H3. The predicted molar refractivity (Wildman–Crippen MR) is 141 cm³/mol. The Labute approximate surface area is 191 Å². The summed E-state index contributed by atoms with van der Waals surface area (Å²) in [6.07, 6.45) is 11.1. The van der Waals surface area contributed by atoms with Crippen LogP contribution >= 0.6 is 7.92 Å². The molecule has 0 aliphatic carbocycles. The molecule has 0 radical (unpaired) electrons. The van der Waals surface area contributed by atoms with Crippen LogP contribution in [0.4, 0.5) is 0 Å². The highest BCUT2D eigenvalue weighted by atomic mass is 31.1. The van der Waals surface area contributed by atoms with Gasteiger partial charge in [-0.2, -0.15) is 0 Å². The minimum atomic E-state index is -0.540. The molecule has 0 saturated carbocycles. The van der Waals surface area contributed by atoms with Crippen molar-refractivity contribution in [2.24, 2.45) is 0 Å². The molecule has 3 aromatic carbocycles. The van der Waals surface area contributed by atoms with Crippen LogP contribution in [0.5, 0.6) is 0 Å². The van der Waals surface area contributed by atoms with E-state index in [1.165, 1.54) is 90.4 Å². The van der Waals surface area contributed by atoms with Crippen molar-refractivity contribution in [3.8, 4) is 0 Å². The third-order valence-corrected chi connectivity index (χ3v) is 8.35. The number of rotatable bonds is 12. The third kappa shape index (κ3) is 7.05. The summed E-state index contributed by atoms with van der Waals surface area (Å²) in [5.74, 6) is 0. The molecule has 0 heterocycles. The zero-order chi connectivity index (χ0) is 21.9. The van der Waals surface area contributed by atoms with Gasteiger partial charge in [0.1, 0.15) is 0 Å². The first-order valence-electron chi connectivity index (χ1n) is 12.3. The van der Waals surface area contributed by atoms with Crippen molar-refractivity contribution in [1.29, 1.82) is 0 Å². The molecule has 31 heavy (non-hydrogen) atoms. The third-order valence-electron chi connectivity index (χ3n) is 5.96. The molecule has 0 unspecified atom stereocenters. The molecule has 0 nitrogen and oxygen atoms in total. The molecule has 0 saturated heterocycles. The molecule has 1 heteroatoms. The highest BCUT2D eigenvalue weighted by molar-refractivity contribution is 7.79. The highest BCUT2D eigenvalue weighted by Crippen LogP contribution is 2.34. The van der Waals surface area contributed by atoms with E-state index in [0.717, 1.165) is 0 Å². The lowest BCUT2D eigenvalue weighted by molar-refractivity contribution is 0.795. The molecule has 0 N–H and O–H groups in total. The van der Waals surface area contributed by atoms with Crippen molar-refractivity contribution in [1.82, 2.24) is 0 Å². The van der Waals surface area contributed by atoms with Crippen LogP contribution in [0.1, 0.15) is 76.0 Å². The molecular weight excluding hydrogens is 391 g/mol. The normalized spacial score (nSPS) is 11.2. The van der Waals surface area contributed by atoms with Crippen molar-refractivity contribution in [2.45, 2.75) is 78.6 Å². The van der Waals surface area contributed by atoms with Crippen LogP contribution in [-0.4, -0.2) is 0 Å². The van der Waals surface area contributed by atoms with Crippen LogP contribution in [0.25, 0.3) is 0 Å². The largest absolute Gasteiger partial charge is 0.0654 e. The first kappa shape index (κ1) is 23.7. The number of unbranched alkanes of at least 4 members (excludes halogenated alkanes) is 3. The Kier molecular flexibility index (Phi) is 9.83. The Hall–Kier alpha value is -1.91. The number of hydrogen-bond donors (Lipinski definition) is 0. The maximum atomic E-state index is 2.48. The Balaban J connectivity index is 2.03. The van der Waals surface area contributed by atoms with Gasteiger partial charge in [-0.1, -0.05) is 113 Å². The van der Waals surface area contributed by atoms with Gasteiger partial charge in [-0.05, 0) is 79.1 Å². The average molecular weight is 431 g/mol. The van der Waals surface area contributed by atoms with Gasteiger partial charge in [-0.3, -0.25) is 0 Å². The van der Waals surface area contributed by atoms with Crippen molar-refractivity contribution >= 4 is 23.8 Å². The fourth-order valence-corrected chi connectivity index (χ4v) is 6.63. The molecule has 0 fully saturated rings.